The maximum absolute atomic E-state index is 5.87. The van der Waals surface area contributed by atoms with Gasteiger partial charge in [-0.1, -0.05) is 24.3 Å². The molecule has 1 aliphatic rings. The monoisotopic (exact) mass is 323 g/mol. The van der Waals surface area contributed by atoms with Crippen LogP contribution in [0, 0.1) is 5.92 Å². The van der Waals surface area contributed by atoms with Gasteiger partial charge < -0.3 is 9.47 Å². The summed E-state index contributed by atoms with van der Waals surface area (Å²) in [4.78, 5) is 4.56. The molecule has 0 bridgehead atoms. The molecule has 1 fully saturated rings. The standard InChI is InChI=1S/C16H18ClNO2S/c17-7-14-11-21-16(18-14)15-4-2-1-3-13(15)10-20-9-12-5-6-19-8-12/h1-4,11-12H,5-10H2. The Bertz CT molecular complexity index is 581. The van der Waals surface area contributed by atoms with Gasteiger partial charge in [0.25, 0.3) is 0 Å². The fourth-order valence-electron chi connectivity index (χ4n) is 2.40. The van der Waals surface area contributed by atoms with Crippen LogP contribution in [0.1, 0.15) is 17.7 Å². The normalized spacial score (nSPS) is 18.2. The third-order valence-corrected chi connectivity index (χ3v) is 4.77. The number of nitrogens with zero attached hydrogens (tertiary/aromatic N) is 1. The number of alkyl halides is 1. The van der Waals surface area contributed by atoms with Gasteiger partial charge in [-0.3, -0.25) is 0 Å². The zero-order chi connectivity index (χ0) is 14.5. The van der Waals surface area contributed by atoms with Crippen molar-refractivity contribution in [3.63, 3.8) is 0 Å². The van der Waals surface area contributed by atoms with Crippen molar-refractivity contribution in [3.05, 3.63) is 40.9 Å². The number of benzene rings is 1. The number of ether oxygens (including phenoxy) is 2. The minimum Gasteiger partial charge on any atom is -0.381 e. The molecular formula is C16H18ClNO2S. The quantitative estimate of drug-likeness (QED) is 0.750. The lowest BCUT2D eigenvalue weighted by Gasteiger charge is -2.11. The summed E-state index contributed by atoms with van der Waals surface area (Å²) in [6.45, 7) is 3.07. The topological polar surface area (TPSA) is 31.4 Å². The van der Waals surface area contributed by atoms with E-state index in [9.17, 15) is 0 Å². The van der Waals surface area contributed by atoms with Crippen LogP contribution in [0.2, 0.25) is 0 Å². The van der Waals surface area contributed by atoms with Crippen molar-refractivity contribution in [2.24, 2.45) is 5.92 Å². The Morgan fingerprint density at radius 1 is 1.38 bits per heavy atom. The van der Waals surface area contributed by atoms with Gasteiger partial charge in [0.15, 0.2) is 0 Å². The lowest BCUT2D eigenvalue weighted by Crippen LogP contribution is -2.09. The van der Waals surface area contributed by atoms with Crippen LogP contribution in [0.4, 0.5) is 0 Å². The van der Waals surface area contributed by atoms with E-state index in [1.54, 1.807) is 11.3 Å². The van der Waals surface area contributed by atoms with Crippen LogP contribution in [0.15, 0.2) is 29.6 Å². The first-order chi connectivity index (χ1) is 10.4. The van der Waals surface area contributed by atoms with Gasteiger partial charge in [-0.15, -0.1) is 22.9 Å². The first-order valence-electron chi connectivity index (χ1n) is 7.11. The van der Waals surface area contributed by atoms with E-state index in [0.29, 0.717) is 18.4 Å². The smallest absolute Gasteiger partial charge is 0.124 e. The molecule has 3 nitrogen and oxygen atoms in total. The molecule has 1 aromatic carbocycles. The van der Waals surface area contributed by atoms with Crippen molar-refractivity contribution in [2.45, 2.75) is 18.9 Å². The average molecular weight is 324 g/mol. The van der Waals surface area contributed by atoms with Crippen LogP contribution in [-0.4, -0.2) is 24.8 Å². The number of halogens is 1. The van der Waals surface area contributed by atoms with Crippen LogP contribution in [-0.2, 0) is 22.0 Å². The fourth-order valence-corrected chi connectivity index (χ4v) is 3.51. The van der Waals surface area contributed by atoms with Gasteiger partial charge in [-0.05, 0) is 12.0 Å². The third kappa shape index (κ3) is 3.83. The maximum Gasteiger partial charge on any atom is 0.124 e. The molecule has 0 saturated carbocycles. The van der Waals surface area contributed by atoms with Gasteiger partial charge in [0.05, 0.1) is 31.4 Å². The fraction of sp³-hybridized carbons (Fsp3) is 0.438. The molecule has 5 heteroatoms. The molecule has 2 aromatic rings. The van der Waals surface area contributed by atoms with E-state index >= 15 is 0 Å². The summed E-state index contributed by atoms with van der Waals surface area (Å²) >= 11 is 7.46. The largest absolute Gasteiger partial charge is 0.381 e. The SMILES string of the molecule is ClCc1csc(-c2ccccc2COCC2CCOC2)n1. The van der Waals surface area contributed by atoms with Gasteiger partial charge in [0.1, 0.15) is 5.01 Å². The summed E-state index contributed by atoms with van der Waals surface area (Å²) in [5, 5.41) is 3.02. The second-order valence-electron chi connectivity index (χ2n) is 5.18. The molecule has 1 atom stereocenters. The highest BCUT2D eigenvalue weighted by Gasteiger charge is 2.16. The summed E-state index contributed by atoms with van der Waals surface area (Å²) in [5.41, 5.74) is 3.24. The molecule has 3 rings (SSSR count). The Kier molecular flexibility index (Phi) is 5.25. The lowest BCUT2D eigenvalue weighted by atomic mass is 10.1. The Morgan fingerprint density at radius 3 is 3.05 bits per heavy atom. The number of hydrogen-bond donors (Lipinski definition) is 0. The number of hydrogen-bond acceptors (Lipinski definition) is 4. The summed E-state index contributed by atoms with van der Waals surface area (Å²) in [7, 11) is 0. The average Bonchev–Trinajstić information content (AvgIpc) is 3.19. The van der Waals surface area contributed by atoms with Crippen molar-refractivity contribution in [3.8, 4) is 10.6 Å². The predicted molar refractivity (Wildman–Crippen MR) is 85.7 cm³/mol. The van der Waals surface area contributed by atoms with Gasteiger partial charge in [0, 0.05) is 23.5 Å². The molecular weight excluding hydrogens is 306 g/mol. The molecule has 1 aromatic heterocycles. The molecule has 21 heavy (non-hydrogen) atoms. The molecule has 0 aliphatic carbocycles. The molecule has 0 spiro atoms. The van der Waals surface area contributed by atoms with Crippen molar-refractivity contribution in [1.29, 1.82) is 0 Å². The number of aromatic nitrogens is 1. The molecule has 0 N–H and O–H groups in total. The van der Waals surface area contributed by atoms with Crippen molar-refractivity contribution >= 4 is 22.9 Å². The lowest BCUT2D eigenvalue weighted by molar-refractivity contribution is 0.0794. The summed E-state index contributed by atoms with van der Waals surface area (Å²) < 4.78 is 11.2. The van der Waals surface area contributed by atoms with E-state index in [2.05, 4.69) is 17.1 Å². The molecule has 1 aliphatic heterocycles. The summed E-state index contributed by atoms with van der Waals surface area (Å²) in [5.74, 6) is 0.997. The molecule has 0 radical (unpaired) electrons. The molecule has 2 heterocycles. The van der Waals surface area contributed by atoms with Crippen LogP contribution in [0.3, 0.4) is 0 Å². The summed E-state index contributed by atoms with van der Waals surface area (Å²) in [6.07, 6.45) is 1.10. The minimum absolute atomic E-state index is 0.455. The van der Waals surface area contributed by atoms with E-state index in [1.165, 1.54) is 5.56 Å². The highest BCUT2D eigenvalue weighted by atomic mass is 35.5. The van der Waals surface area contributed by atoms with Gasteiger partial charge in [-0.25, -0.2) is 4.98 Å². The van der Waals surface area contributed by atoms with Gasteiger partial charge in [-0.2, -0.15) is 0 Å². The first-order valence-corrected chi connectivity index (χ1v) is 8.52. The van der Waals surface area contributed by atoms with Crippen LogP contribution >= 0.6 is 22.9 Å². The number of rotatable bonds is 6. The van der Waals surface area contributed by atoms with Crippen molar-refractivity contribution < 1.29 is 9.47 Å². The van der Waals surface area contributed by atoms with Crippen LogP contribution in [0.25, 0.3) is 10.6 Å². The third-order valence-electron chi connectivity index (χ3n) is 3.57. The summed E-state index contributed by atoms with van der Waals surface area (Å²) in [6, 6.07) is 8.26. The van der Waals surface area contributed by atoms with E-state index in [4.69, 9.17) is 21.1 Å². The Balaban J connectivity index is 1.67. The predicted octanol–water partition coefficient (Wildman–Crippen LogP) is 4.10. The molecule has 112 valence electrons. The molecule has 1 unspecified atom stereocenters. The van der Waals surface area contributed by atoms with Crippen LogP contribution in [0.5, 0.6) is 0 Å². The van der Waals surface area contributed by atoms with E-state index in [0.717, 1.165) is 42.5 Å². The van der Waals surface area contributed by atoms with Gasteiger partial charge >= 0.3 is 0 Å². The molecule has 1 saturated heterocycles. The van der Waals surface area contributed by atoms with Gasteiger partial charge in [0.2, 0.25) is 0 Å². The zero-order valence-electron chi connectivity index (χ0n) is 11.8. The second kappa shape index (κ2) is 7.36. The second-order valence-corrected chi connectivity index (χ2v) is 6.30. The Morgan fingerprint density at radius 2 is 2.29 bits per heavy atom. The number of thiazole rings is 1. The molecule has 0 amide bonds. The Hall–Kier alpha value is -0.940. The highest BCUT2D eigenvalue weighted by Crippen LogP contribution is 2.28. The van der Waals surface area contributed by atoms with Crippen molar-refractivity contribution in [2.75, 3.05) is 19.8 Å². The highest BCUT2D eigenvalue weighted by molar-refractivity contribution is 7.13. The first kappa shape index (κ1) is 15.0. The zero-order valence-corrected chi connectivity index (χ0v) is 13.3. The maximum atomic E-state index is 5.87. The van der Waals surface area contributed by atoms with Crippen molar-refractivity contribution in [1.82, 2.24) is 4.98 Å². The van der Waals surface area contributed by atoms with E-state index in [-0.39, 0.29) is 0 Å². The van der Waals surface area contributed by atoms with Crippen LogP contribution < -0.4 is 0 Å². The van der Waals surface area contributed by atoms with E-state index < -0.39 is 0 Å². The minimum atomic E-state index is 0.455. The van der Waals surface area contributed by atoms with E-state index in [1.807, 2.05) is 17.5 Å². The Labute approximate surface area is 133 Å².